The van der Waals surface area contributed by atoms with Crippen LogP contribution in [0.1, 0.15) is 21.3 Å². The van der Waals surface area contributed by atoms with E-state index in [0.717, 1.165) is 23.8 Å². The third kappa shape index (κ3) is 3.26. The summed E-state index contributed by atoms with van der Waals surface area (Å²) in [5, 5.41) is 6.86. The van der Waals surface area contributed by atoms with Crippen molar-refractivity contribution in [3.63, 3.8) is 0 Å². The SMILES string of the molecule is COc1cc(C(=O)N2C[C@@H]3OCCN(Cc4csc(C)n4)[C@@H]3C2)on1. The Morgan fingerprint density at radius 3 is 3.08 bits per heavy atom. The molecule has 25 heavy (non-hydrogen) atoms. The molecule has 4 rings (SSSR count). The quantitative estimate of drug-likeness (QED) is 0.806. The average molecular weight is 364 g/mol. The Bertz CT molecular complexity index is 761. The third-order valence-electron chi connectivity index (χ3n) is 4.64. The number of thiazole rings is 1. The highest BCUT2D eigenvalue weighted by molar-refractivity contribution is 7.09. The average Bonchev–Trinajstić information content (AvgIpc) is 3.33. The Morgan fingerprint density at radius 2 is 2.36 bits per heavy atom. The number of carbonyl (C=O) groups is 1. The Balaban J connectivity index is 1.45. The molecule has 1 amide bonds. The fourth-order valence-corrected chi connectivity index (χ4v) is 4.03. The molecule has 0 radical (unpaired) electrons. The lowest BCUT2D eigenvalue weighted by atomic mass is 10.1. The van der Waals surface area contributed by atoms with Crippen LogP contribution in [-0.4, -0.2) is 71.3 Å². The topological polar surface area (TPSA) is 80.9 Å². The molecule has 2 fully saturated rings. The minimum atomic E-state index is -0.182. The summed E-state index contributed by atoms with van der Waals surface area (Å²) in [5.74, 6) is 0.312. The van der Waals surface area contributed by atoms with E-state index in [9.17, 15) is 4.79 Å². The number of ether oxygens (including phenoxy) is 2. The number of hydrogen-bond acceptors (Lipinski definition) is 8. The molecule has 0 saturated carbocycles. The molecule has 2 saturated heterocycles. The number of carbonyl (C=O) groups excluding carboxylic acids is 1. The van der Waals surface area contributed by atoms with Gasteiger partial charge in [0, 0.05) is 31.6 Å². The van der Waals surface area contributed by atoms with Crippen molar-refractivity contribution in [1.82, 2.24) is 19.9 Å². The molecule has 0 aromatic carbocycles. The largest absolute Gasteiger partial charge is 0.479 e. The zero-order chi connectivity index (χ0) is 17.4. The van der Waals surface area contributed by atoms with Crippen LogP contribution in [0.3, 0.4) is 0 Å². The van der Waals surface area contributed by atoms with E-state index < -0.39 is 0 Å². The van der Waals surface area contributed by atoms with Crippen molar-refractivity contribution in [3.8, 4) is 5.88 Å². The molecule has 2 aromatic heterocycles. The molecule has 134 valence electrons. The highest BCUT2D eigenvalue weighted by atomic mass is 32.1. The summed E-state index contributed by atoms with van der Waals surface area (Å²) < 4.78 is 15.9. The van der Waals surface area contributed by atoms with E-state index >= 15 is 0 Å². The summed E-state index contributed by atoms with van der Waals surface area (Å²) in [6.45, 7) is 5.47. The summed E-state index contributed by atoms with van der Waals surface area (Å²) in [4.78, 5) is 21.3. The number of likely N-dealkylation sites (tertiary alicyclic amines) is 1. The van der Waals surface area contributed by atoms with Crippen LogP contribution in [0.5, 0.6) is 5.88 Å². The second kappa shape index (κ2) is 6.74. The minimum absolute atomic E-state index is 0.0160. The van der Waals surface area contributed by atoms with Crippen molar-refractivity contribution in [2.24, 2.45) is 0 Å². The van der Waals surface area contributed by atoms with Gasteiger partial charge in [-0.2, -0.15) is 0 Å². The summed E-state index contributed by atoms with van der Waals surface area (Å²) in [6, 6.07) is 1.69. The first-order chi connectivity index (χ1) is 12.1. The first-order valence-electron chi connectivity index (χ1n) is 8.20. The van der Waals surface area contributed by atoms with Crippen LogP contribution in [0, 0.1) is 6.92 Å². The van der Waals surface area contributed by atoms with Gasteiger partial charge in [-0.15, -0.1) is 11.3 Å². The van der Waals surface area contributed by atoms with Gasteiger partial charge in [0.2, 0.25) is 5.76 Å². The molecule has 0 spiro atoms. The number of aryl methyl sites for hydroxylation is 1. The van der Waals surface area contributed by atoms with Crippen LogP contribution in [0.4, 0.5) is 0 Å². The van der Waals surface area contributed by atoms with Crippen molar-refractivity contribution < 1.29 is 18.8 Å². The molecule has 2 atom stereocenters. The number of hydrogen-bond donors (Lipinski definition) is 0. The maximum absolute atomic E-state index is 12.6. The highest BCUT2D eigenvalue weighted by Gasteiger charge is 2.42. The molecule has 4 heterocycles. The molecule has 2 aliphatic heterocycles. The summed E-state index contributed by atoms with van der Waals surface area (Å²) in [5.41, 5.74) is 1.08. The van der Waals surface area contributed by atoms with Crippen molar-refractivity contribution in [2.75, 3.05) is 33.4 Å². The van der Waals surface area contributed by atoms with Gasteiger partial charge in [-0.3, -0.25) is 9.69 Å². The zero-order valence-corrected chi connectivity index (χ0v) is 15.0. The summed E-state index contributed by atoms with van der Waals surface area (Å²) in [6.07, 6.45) is 0.0160. The van der Waals surface area contributed by atoms with E-state index in [2.05, 4.69) is 20.4 Å². The van der Waals surface area contributed by atoms with Crippen LogP contribution in [0.25, 0.3) is 0 Å². The van der Waals surface area contributed by atoms with Crippen LogP contribution in [-0.2, 0) is 11.3 Å². The van der Waals surface area contributed by atoms with E-state index in [1.165, 1.54) is 13.2 Å². The Labute approximate surface area is 149 Å². The fraction of sp³-hybridized carbons (Fsp3) is 0.562. The van der Waals surface area contributed by atoms with Gasteiger partial charge < -0.3 is 18.9 Å². The molecule has 8 nitrogen and oxygen atoms in total. The van der Waals surface area contributed by atoms with E-state index in [1.807, 2.05) is 6.92 Å². The standard InChI is InChI=1S/C16H20N4O4S/c1-10-17-11(9-25-10)6-19-3-4-23-14-8-20(7-12(14)19)16(21)13-5-15(22-2)18-24-13/h5,9,12,14H,3-4,6-8H2,1-2H3/t12-,14+/m1/s1. The first-order valence-corrected chi connectivity index (χ1v) is 9.08. The monoisotopic (exact) mass is 364 g/mol. The summed E-state index contributed by atoms with van der Waals surface area (Å²) >= 11 is 1.66. The maximum Gasteiger partial charge on any atom is 0.292 e. The van der Waals surface area contributed by atoms with Crippen molar-refractivity contribution in [1.29, 1.82) is 0 Å². The number of rotatable bonds is 4. The maximum atomic E-state index is 12.6. The molecular weight excluding hydrogens is 344 g/mol. The molecule has 2 aliphatic rings. The number of morpholine rings is 1. The molecule has 9 heteroatoms. The number of aromatic nitrogens is 2. The van der Waals surface area contributed by atoms with Gasteiger partial charge in [0.25, 0.3) is 11.8 Å². The molecule has 0 aliphatic carbocycles. The molecular formula is C16H20N4O4S. The predicted molar refractivity (Wildman–Crippen MR) is 89.7 cm³/mol. The predicted octanol–water partition coefficient (Wildman–Crippen LogP) is 1.17. The molecule has 0 unspecified atom stereocenters. The third-order valence-corrected chi connectivity index (χ3v) is 5.47. The van der Waals surface area contributed by atoms with Gasteiger partial charge in [-0.05, 0) is 12.1 Å². The van der Waals surface area contributed by atoms with E-state index in [1.54, 1.807) is 16.2 Å². The van der Waals surface area contributed by atoms with Gasteiger partial charge in [0.05, 0.1) is 42.6 Å². The minimum Gasteiger partial charge on any atom is -0.479 e. The second-order valence-electron chi connectivity index (χ2n) is 6.25. The normalized spacial score (nSPS) is 23.7. The second-order valence-corrected chi connectivity index (χ2v) is 7.31. The van der Waals surface area contributed by atoms with Crippen molar-refractivity contribution in [3.05, 3.63) is 27.9 Å². The lowest BCUT2D eigenvalue weighted by molar-refractivity contribution is -0.0507. The van der Waals surface area contributed by atoms with E-state index in [-0.39, 0.29) is 23.8 Å². The Kier molecular flexibility index (Phi) is 4.45. The van der Waals surface area contributed by atoms with Gasteiger partial charge in [-0.1, -0.05) is 0 Å². The number of methoxy groups -OCH3 is 1. The first kappa shape index (κ1) is 16.5. The molecule has 0 bridgehead atoms. The van der Waals surface area contributed by atoms with Gasteiger partial charge in [0.15, 0.2) is 0 Å². The fourth-order valence-electron chi connectivity index (χ4n) is 3.42. The van der Waals surface area contributed by atoms with Crippen LogP contribution < -0.4 is 4.74 Å². The van der Waals surface area contributed by atoms with Crippen molar-refractivity contribution >= 4 is 17.2 Å². The van der Waals surface area contributed by atoms with Crippen LogP contribution >= 0.6 is 11.3 Å². The zero-order valence-electron chi connectivity index (χ0n) is 14.2. The lowest BCUT2D eigenvalue weighted by Gasteiger charge is -2.36. The smallest absolute Gasteiger partial charge is 0.292 e. The Morgan fingerprint density at radius 1 is 1.48 bits per heavy atom. The van der Waals surface area contributed by atoms with Gasteiger partial charge in [-0.25, -0.2) is 4.98 Å². The van der Waals surface area contributed by atoms with Crippen LogP contribution in [0.15, 0.2) is 16.0 Å². The summed E-state index contributed by atoms with van der Waals surface area (Å²) in [7, 11) is 1.49. The number of amides is 1. The highest BCUT2D eigenvalue weighted by Crippen LogP contribution is 2.26. The van der Waals surface area contributed by atoms with Crippen LogP contribution in [0.2, 0.25) is 0 Å². The van der Waals surface area contributed by atoms with E-state index in [4.69, 9.17) is 14.0 Å². The van der Waals surface area contributed by atoms with Gasteiger partial charge >= 0.3 is 0 Å². The van der Waals surface area contributed by atoms with Crippen molar-refractivity contribution in [2.45, 2.75) is 25.6 Å². The van der Waals surface area contributed by atoms with E-state index in [0.29, 0.717) is 25.6 Å². The molecule has 0 N–H and O–H groups in total. The number of fused-ring (bicyclic) bond motifs is 1. The molecule has 2 aromatic rings. The lowest BCUT2D eigenvalue weighted by Crippen LogP contribution is -2.50. The van der Waals surface area contributed by atoms with Gasteiger partial charge in [0.1, 0.15) is 0 Å². The number of nitrogens with zero attached hydrogens (tertiary/aromatic N) is 4. The Hall–Kier alpha value is -1.97.